The summed E-state index contributed by atoms with van der Waals surface area (Å²) in [5, 5.41) is 16.2. The maximum absolute atomic E-state index is 12.8. The van der Waals surface area contributed by atoms with Crippen LogP contribution in [0.5, 0.6) is 5.75 Å². The lowest BCUT2D eigenvalue weighted by Crippen LogP contribution is -2.45. The van der Waals surface area contributed by atoms with Crippen LogP contribution in [-0.2, 0) is 17.9 Å². The fourth-order valence-corrected chi connectivity index (χ4v) is 2.73. The Kier molecular flexibility index (Phi) is 5.38. The molecule has 1 aliphatic heterocycles. The number of hydrogen-bond donors (Lipinski definition) is 2. The average molecular weight is 380 g/mol. The molecule has 0 aromatic heterocycles. The van der Waals surface area contributed by atoms with Crippen LogP contribution in [0.2, 0.25) is 0 Å². The van der Waals surface area contributed by atoms with Gasteiger partial charge in [-0.15, -0.1) is 0 Å². The van der Waals surface area contributed by atoms with Gasteiger partial charge in [-0.25, -0.2) is 0 Å². The van der Waals surface area contributed by atoms with E-state index in [9.17, 15) is 18.3 Å². The lowest BCUT2D eigenvalue weighted by molar-refractivity contribution is -0.355. The minimum atomic E-state index is -4.90. The van der Waals surface area contributed by atoms with Gasteiger partial charge in [0.25, 0.3) is 0 Å². The molecule has 0 aliphatic carbocycles. The average Bonchev–Trinajstić information content (AvgIpc) is 3.06. The van der Waals surface area contributed by atoms with Gasteiger partial charge in [-0.2, -0.15) is 13.2 Å². The van der Waals surface area contributed by atoms with Crippen LogP contribution < -0.4 is 10.1 Å². The molecular formula is C19H19F3N2O3. The van der Waals surface area contributed by atoms with Crippen molar-refractivity contribution in [2.24, 2.45) is 5.16 Å². The van der Waals surface area contributed by atoms with Crippen molar-refractivity contribution >= 4 is 5.71 Å². The maximum Gasteiger partial charge on any atom is 0.458 e. The largest absolute Gasteiger partial charge is 0.496 e. The highest BCUT2D eigenvalue weighted by atomic mass is 19.4. The monoisotopic (exact) mass is 380 g/mol. The number of aliphatic hydroxyl groups is 1. The predicted octanol–water partition coefficient (Wildman–Crippen LogP) is 3.36. The fourth-order valence-electron chi connectivity index (χ4n) is 2.73. The van der Waals surface area contributed by atoms with Gasteiger partial charge in [-0.3, -0.25) is 0 Å². The van der Waals surface area contributed by atoms with E-state index in [1.165, 1.54) is 0 Å². The van der Waals surface area contributed by atoms with Crippen molar-refractivity contribution in [1.82, 2.24) is 5.32 Å². The van der Waals surface area contributed by atoms with Gasteiger partial charge < -0.3 is 20.0 Å². The van der Waals surface area contributed by atoms with Gasteiger partial charge in [0.15, 0.2) is 0 Å². The molecule has 1 heterocycles. The molecule has 5 nitrogen and oxygen atoms in total. The molecule has 144 valence electrons. The van der Waals surface area contributed by atoms with Crippen LogP contribution in [0.15, 0.2) is 53.7 Å². The summed E-state index contributed by atoms with van der Waals surface area (Å²) in [5.41, 5.74) is 2.52. The van der Waals surface area contributed by atoms with Crippen LogP contribution >= 0.6 is 0 Å². The highest BCUT2D eigenvalue weighted by Gasteiger charge is 2.60. The number of oxime groups is 1. The second kappa shape index (κ2) is 7.58. The smallest absolute Gasteiger partial charge is 0.458 e. The number of ether oxygens (including phenoxy) is 1. The number of hydrogen-bond acceptors (Lipinski definition) is 5. The summed E-state index contributed by atoms with van der Waals surface area (Å²) in [6.07, 6.45) is -5.64. The zero-order chi connectivity index (χ0) is 19.5. The maximum atomic E-state index is 12.8. The molecule has 2 aromatic carbocycles. The van der Waals surface area contributed by atoms with Crippen LogP contribution in [0.25, 0.3) is 0 Å². The van der Waals surface area contributed by atoms with E-state index in [0.717, 1.165) is 16.9 Å². The lowest BCUT2D eigenvalue weighted by atomic mass is 10.0. The Hall–Kier alpha value is -2.58. The summed E-state index contributed by atoms with van der Waals surface area (Å²) in [7, 11) is 1.62. The third kappa shape index (κ3) is 4.23. The van der Waals surface area contributed by atoms with Gasteiger partial charge in [-0.05, 0) is 17.2 Å². The minimum Gasteiger partial charge on any atom is -0.496 e. The van der Waals surface area contributed by atoms with E-state index in [4.69, 9.17) is 4.74 Å². The van der Waals surface area contributed by atoms with E-state index in [1.807, 2.05) is 24.3 Å². The third-order valence-electron chi connectivity index (χ3n) is 4.28. The van der Waals surface area contributed by atoms with Crippen molar-refractivity contribution < 1.29 is 27.9 Å². The first-order valence-corrected chi connectivity index (χ1v) is 8.28. The first-order chi connectivity index (χ1) is 12.8. The van der Waals surface area contributed by atoms with Crippen molar-refractivity contribution in [2.75, 3.05) is 7.11 Å². The first kappa shape index (κ1) is 19.2. The quantitative estimate of drug-likeness (QED) is 0.807. The summed E-state index contributed by atoms with van der Waals surface area (Å²) in [4.78, 5) is 4.23. The first-order valence-electron chi connectivity index (χ1n) is 8.28. The van der Waals surface area contributed by atoms with E-state index in [2.05, 4.69) is 15.3 Å². The summed E-state index contributed by atoms with van der Waals surface area (Å²) >= 11 is 0. The van der Waals surface area contributed by atoms with Crippen LogP contribution in [0.3, 0.4) is 0 Å². The fraction of sp³-hybridized carbons (Fsp3) is 0.316. The van der Waals surface area contributed by atoms with E-state index >= 15 is 0 Å². The number of para-hydroxylation sites is 1. The molecule has 3 rings (SSSR count). The normalized spacial score (nSPS) is 19.5. The second-order valence-corrected chi connectivity index (χ2v) is 6.20. The Morgan fingerprint density at radius 3 is 2.48 bits per heavy atom. The lowest BCUT2D eigenvalue weighted by Gasteiger charge is -2.22. The molecule has 0 radical (unpaired) electrons. The topological polar surface area (TPSA) is 63.1 Å². The van der Waals surface area contributed by atoms with Gasteiger partial charge in [0.2, 0.25) is 0 Å². The van der Waals surface area contributed by atoms with Gasteiger partial charge in [0.1, 0.15) is 5.75 Å². The van der Waals surface area contributed by atoms with Crippen molar-refractivity contribution in [1.29, 1.82) is 0 Å². The van der Waals surface area contributed by atoms with Gasteiger partial charge in [0.05, 0.1) is 19.2 Å². The Morgan fingerprint density at radius 2 is 1.85 bits per heavy atom. The van der Waals surface area contributed by atoms with Crippen molar-refractivity contribution in [3.8, 4) is 5.75 Å². The highest BCUT2D eigenvalue weighted by molar-refractivity contribution is 6.01. The summed E-state index contributed by atoms with van der Waals surface area (Å²) < 4.78 is 43.6. The zero-order valence-electron chi connectivity index (χ0n) is 14.6. The van der Waals surface area contributed by atoms with E-state index in [1.54, 1.807) is 31.4 Å². The zero-order valence-corrected chi connectivity index (χ0v) is 14.6. The molecule has 8 heteroatoms. The second-order valence-electron chi connectivity index (χ2n) is 6.20. The van der Waals surface area contributed by atoms with Crippen molar-refractivity contribution in [3.63, 3.8) is 0 Å². The van der Waals surface area contributed by atoms with Gasteiger partial charge >= 0.3 is 12.0 Å². The highest BCUT2D eigenvalue weighted by Crippen LogP contribution is 2.38. The standard InChI is InChI=1S/C19H19F3N2O3/c1-26-17-5-3-2-4-15(17)12-23-11-13-6-8-14(9-7-13)16-10-18(25,27-24-16)19(20,21)22/h2-9,23,25H,10-12H2,1H3. The molecule has 1 unspecified atom stereocenters. The molecule has 2 N–H and O–H groups in total. The molecular weight excluding hydrogens is 361 g/mol. The number of alkyl halides is 3. The predicted molar refractivity (Wildman–Crippen MR) is 93.2 cm³/mol. The molecule has 0 fully saturated rings. The molecule has 0 saturated carbocycles. The molecule has 1 atom stereocenters. The number of nitrogens with zero attached hydrogens (tertiary/aromatic N) is 1. The van der Waals surface area contributed by atoms with Gasteiger partial charge in [0, 0.05) is 18.7 Å². The van der Waals surface area contributed by atoms with E-state index < -0.39 is 18.4 Å². The molecule has 0 amide bonds. The molecule has 2 aromatic rings. The summed E-state index contributed by atoms with van der Waals surface area (Å²) in [5.74, 6) is -2.45. The number of methoxy groups -OCH3 is 1. The van der Waals surface area contributed by atoms with E-state index in [-0.39, 0.29) is 5.71 Å². The SMILES string of the molecule is COc1ccccc1CNCc1ccc(C2=NOC(O)(C(F)(F)F)C2)cc1. The molecule has 0 bridgehead atoms. The molecule has 0 spiro atoms. The minimum absolute atomic E-state index is 0.0587. The van der Waals surface area contributed by atoms with Crippen LogP contribution in [0, 0.1) is 0 Å². The third-order valence-corrected chi connectivity index (χ3v) is 4.28. The molecule has 0 saturated heterocycles. The Balaban J connectivity index is 1.57. The van der Waals surface area contributed by atoms with E-state index in [0.29, 0.717) is 18.7 Å². The number of rotatable bonds is 6. The molecule has 27 heavy (non-hydrogen) atoms. The Morgan fingerprint density at radius 1 is 1.15 bits per heavy atom. The van der Waals surface area contributed by atoms with Crippen LogP contribution in [0.4, 0.5) is 13.2 Å². The Labute approximate surface area is 154 Å². The van der Waals surface area contributed by atoms with Crippen molar-refractivity contribution in [2.45, 2.75) is 31.5 Å². The van der Waals surface area contributed by atoms with Crippen LogP contribution in [-0.4, -0.2) is 29.9 Å². The van der Waals surface area contributed by atoms with Crippen molar-refractivity contribution in [3.05, 3.63) is 65.2 Å². The van der Waals surface area contributed by atoms with Gasteiger partial charge in [-0.1, -0.05) is 47.6 Å². The summed E-state index contributed by atoms with van der Waals surface area (Å²) in [6, 6.07) is 14.6. The number of halogens is 3. The summed E-state index contributed by atoms with van der Waals surface area (Å²) in [6.45, 7) is 1.19. The number of nitrogens with one attached hydrogen (secondary N) is 1. The number of benzene rings is 2. The van der Waals surface area contributed by atoms with Crippen LogP contribution in [0.1, 0.15) is 23.1 Å². The Bertz CT molecular complexity index is 822. The molecule has 1 aliphatic rings.